The summed E-state index contributed by atoms with van der Waals surface area (Å²) in [5, 5.41) is 5.01. The molecule has 2 heteroatoms. The maximum Gasteiger partial charge on any atom is 0.0714 e. The maximum atomic E-state index is 2.46. The summed E-state index contributed by atoms with van der Waals surface area (Å²) >= 11 is 0. The van der Waals surface area contributed by atoms with Crippen LogP contribution in [0, 0.1) is 0 Å². The number of aromatic nitrogens is 1. The minimum Gasteiger partial charge on any atom is -0.310 e. The first-order chi connectivity index (χ1) is 36.2. The van der Waals surface area contributed by atoms with Crippen molar-refractivity contribution in [3.8, 4) is 50.2 Å². The molecule has 342 valence electrons. The van der Waals surface area contributed by atoms with E-state index < -0.39 is 5.41 Å². The van der Waals surface area contributed by atoms with Crippen LogP contribution in [0.25, 0.3) is 82.8 Å². The molecule has 0 amide bonds. The second-order valence-corrected chi connectivity index (χ2v) is 19.2. The Balaban J connectivity index is 0.902. The number of hydrogen-bond donors (Lipinski definition) is 0. The fourth-order valence-electron chi connectivity index (χ4n) is 12.0. The molecule has 0 radical (unpaired) electrons. The molecule has 2 nitrogen and oxygen atoms in total. The van der Waals surface area contributed by atoms with Crippen LogP contribution in [0.1, 0.15) is 22.3 Å². The molecule has 1 heterocycles. The monoisotopic (exact) mass is 928 g/mol. The molecule has 0 saturated carbocycles. The Bertz CT molecular complexity index is 4090. The third kappa shape index (κ3) is 6.87. The van der Waals surface area contributed by atoms with Gasteiger partial charge in [-0.1, -0.05) is 231 Å². The topological polar surface area (TPSA) is 8.17 Å². The summed E-state index contributed by atoms with van der Waals surface area (Å²) in [6, 6.07) is 107. The van der Waals surface area contributed by atoms with Gasteiger partial charge in [0.25, 0.3) is 0 Å². The molecule has 0 aliphatic heterocycles. The van der Waals surface area contributed by atoms with E-state index in [0.29, 0.717) is 0 Å². The van der Waals surface area contributed by atoms with Crippen LogP contribution in [0.3, 0.4) is 0 Å². The van der Waals surface area contributed by atoms with E-state index in [1.807, 2.05) is 0 Å². The van der Waals surface area contributed by atoms with Crippen LogP contribution in [0.15, 0.2) is 291 Å². The van der Waals surface area contributed by atoms with Gasteiger partial charge in [-0.2, -0.15) is 0 Å². The number of nitrogens with zero attached hydrogens (tertiary/aromatic N) is 2. The van der Waals surface area contributed by atoms with E-state index in [-0.39, 0.29) is 0 Å². The summed E-state index contributed by atoms with van der Waals surface area (Å²) in [5.74, 6) is 0. The molecule has 0 N–H and O–H groups in total. The van der Waals surface area contributed by atoms with Crippen molar-refractivity contribution in [2.75, 3.05) is 4.90 Å². The van der Waals surface area contributed by atoms with E-state index in [0.717, 1.165) is 33.9 Å². The zero-order valence-electron chi connectivity index (χ0n) is 40.1. The van der Waals surface area contributed by atoms with E-state index in [1.54, 1.807) is 0 Å². The molecule has 12 aromatic carbocycles. The van der Waals surface area contributed by atoms with Crippen molar-refractivity contribution >= 4 is 49.6 Å². The van der Waals surface area contributed by atoms with Gasteiger partial charge in [0.1, 0.15) is 0 Å². The lowest BCUT2D eigenvalue weighted by Gasteiger charge is -2.35. The highest BCUT2D eigenvalue weighted by Crippen LogP contribution is 2.57. The van der Waals surface area contributed by atoms with E-state index in [1.165, 1.54) is 88.2 Å². The summed E-state index contributed by atoms with van der Waals surface area (Å²) in [6.07, 6.45) is 0. The molecule has 0 unspecified atom stereocenters. The smallest absolute Gasteiger partial charge is 0.0714 e. The molecular formula is C71H48N2. The van der Waals surface area contributed by atoms with Crippen LogP contribution in [0.4, 0.5) is 17.1 Å². The molecule has 1 aliphatic carbocycles. The minimum atomic E-state index is -0.524. The Morgan fingerprint density at radius 3 is 1.47 bits per heavy atom. The highest BCUT2D eigenvalue weighted by molar-refractivity contribution is 6.10. The van der Waals surface area contributed by atoms with E-state index in [4.69, 9.17) is 0 Å². The quantitative estimate of drug-likeness (QED) is 0.140. The van der Waals surface area contributed by atoms with Gasteiger partial charge < -0.3 is 9.47 Å². The SMILES string of the molecule is c1ccc(C2(c3ccccc3)c3ccccc3-c3ccc(N(c4ccc(-c5cccc(-c6ccccc6-n6c7ccccc7c7ccccc76)c5)cc4)c4ccc(-c5cccc6ccccc56)cc4)cc32)cc1. The van der Waals surface area contributed by atoms with Gasteiger partial charge in [0.05, 0.1) is 22.1 Å². The first-order valence-electron chi connectivity index (χ1n) is 25.2. The third-order valence-electron chi connectivity index (χ3n) is 15.3. The number of benzene rings is 12. The van der Waals surface area contributed by atoms with Crippen LogP contribution >= 0.6 is 0 Å². The Kier molecular flexibility index (Phi) is 10.1. The minimum absolute atomic E-state index is 0.524. The normalized spacial score (nSPS) is 12.5. The van der Waals surface area contributed by atoms with Gasteiger partial charge >= 0.3 is 0 Å². The van der Waals surface area contributed by atoms with E-state index in [9.17, 15) is 0 Å². The second kappa shape index (κ2) is 17.4. The number of para-hydroxylation sites is 3. The van der Waals surface area contributed by atoms with Crippen molar-refractivity contribution in [2.24, 2.45) is 0 Å². The molecule has 1 aliphatic rings. The van der Waals surface area contributed by atoms with Gasteiger partial charge in [-0.15, -0.1) is 0 Å². The fourth-order valence-corrected chi connectivity index (χ4v) is 12.0. The number of fused-ring (bicyclic) bond motifs is 7. The number of anilines is 3. The van der Waals surface area contributed by atoms with E-state index >= 15 is 0 Å². The van der Waals surface area contributed by atoms with Crippen molar-refractivity contribution < 1.29 is 0 Å². The number of hydrogen-bond acceptors (Lipinski definition) is 1. The fraction of sp³-hybridized carbons (Fsp3) is 0.0141. The lowest BCUT2D eigenvalue weighted by molar-refractivity contribution is 0.768. The Hall–Kier alpha value is -9.50. The summed E-state index contributed by atoms with van der Waals surface area (Å²) in [4.78, 5) is 2.43. The molecule has 1 aromatic heterocycles. The molecule has 0 bridgehead atoms. The Morgan fingerprint density at radius 1 is 0.274 bits per heavy atom. The van der Waals surface area contributed by atoms with Crippen LogP contribution in [-0.2, 0) is 5.41 Å². The molecule has 0 atom stereocenters. The summed E-state index contributed by atoms with van der Waals surface area (Å²) in [6.45, 7) is 0. The average Bonchev–Trinajstić information content (AvgIpc) is 3.96. The van der Waals surface area contributed by atoms with Gasteiger partial charge in [-0.3, -0.25) is 0 Å². The van der Waals surface area contributed by atoms with Gasteiger partial charge in [-0.25, -0.2) is 0 Å². The van der Waals surface area contributed by atoms with Crippen LogP contribution in [-0.4, -0.2) is 4.57 Å². The third-order valence-corrected chi connectivity index (χ3v) is 15.3. The Labute approximate surface area is 426 Å². The van der Waals surface area contributed by atoms with Crippen LogP contribution in [0.5, 0.6) is 0 Å². The van der Waals surface area contributed by atoms with Crippen LogP contribution in [0.2, 0.25) is 0 Å². The molecule has 0 fully saturated rings. The Morgan fingerprint density at radius 2 is 0.767 bits per heavy atom. The predicted molar refractivity (Wildman–Crippen MR) is 307 cm³/mol. The highest BCUT2D eigenvalue weighted by Gasteiger charge is 2.46. The van der Waals surface area contributed by atoms with Crippen LogP contribution < -0.4 is 4.90 Å². The number of rotatable bonds is 9. The summed E-state index contributed by atoms with van der Waals surface area (Å²) in [7, 11) is 0. The van der Waals surface area contributed by atoms with Crippen molar-refractivity contribution in [2.45, 2.75) is 5.41 Å². The van der Waals surface area contributed by atoms with Crippen molar-refractivity contribution in [3.63, 3.8) is 0 Å². The molecule has 73 heavy (non-hydrogen) atoms. The van der Waals surface area contributed by atoms with E-state index in [2.05, 4.69) is 301 Å². The average molecular weight is 929 g/mol. The molecular weight excluding hydrogens is 881 g/mol. The van der Waals surface area contributed by atoms with Crippen molar-refractivity contribution in [3.05, 3.63) is 313 Å². The zero-order chi connectivity index (χ0) is 48.3. The highest BCUT2D eigenvalue weighted by atomic mass is 15.1. The van der Waals surface area contributed by atoms with Gasteiger partial charge in [0.15, 0.2) is 0 Å². The molecule has 13 aromatic rings. The largest absolute Gasteiger partial charge is 0.310 e. The molecule has 0 spiro atoms. The molecule has 0 saturated heterocycles. The van der Waals surface area contributed by atoms with Gasteiger partial charge in [-0.05, 0) is 133 Å². The predicted octanol–water partition coefficient (Wildman–Crippen LogP) is 18.8. The lowest BCUT2D eigenvalue weighted by Crippen LogP contribution is -2.28. The van der Waals surface area contributed by atoms with Crippen molar-refractivity contribution in [1.29, 1.82) is 0 Å². The lowest BCUT2D eigenvalue weighted by atomic mass is 9.67. The van der Waals surface area contributed by atoms with Gasteiger partial charge in [0.2, 0.25) is 0 Å². The first kappa shape index (κ1) is 42.4. The van der Waals surface area contributed by atoms with Crippen molar-refractivity contribution in [1.82, 2.24) is 4.57 Å². The second-order valence-electron chi connectivity index (χ2n) is 19.2. The standard InChI is InChI=1S/C71H48N2/c1-3-23-54(24-4-1)71(55-25-5-2-6-26-55)66-33-13-9-29-62(66)63-46-45-58(48-67(63)71)72(57-43-39-51(40-44-57)60-32-18-20-50-19-7-8-27-59(50)60)56-41-37-49(38-42-56)52-21-17-22-53(47-52)61-28-10-14-34-68(61)73-69-35-15-11-30-64(69)65-31-12-16-36-70(65)73/h1-48H. The first-order valence-corrected chi connectivity index (χ1v) is 25.2. The summed E-state index contributed by atoms with van der Waals surface area (Å²) < 4.78 is 2.42. The molecule has 14 rings (SSSR count). The van der Waals surface area contributed by atoms with Gasteiger partial charge in [0, 0.05) is 33.4 Å². The maximum absolute atomic E-state index is 2.46. The zero-order valence-corrected chi connectivity index (χ0v) is 40.1. The summed E-state index contributed by atoms with van der Waals surface area (Å²) in [5.41, 5.74) is 21.0.